The van der Waals surface area contributed by atoms with Crippen molar-refractivity contribution < 1.29 is 14.3 Å². The fraction of sp³-hybridized carbons (Fsp3) is 0.455. The Bertz CT molecular complexity index is 434. The van der Waals surface area contributed by atoms with E-state index >= 15 is 0 Å². The van der Waals surface area contributed by atoms with Crippen LogP contribution in [0.4, 0.5) is 5.82 Å². The third-order valence-corrected chi connectivity index (χ3v) is 2.17. The molecule has 0 aromatic carbocycles. The Balaban J connectivity index is 2.53. The molecule has 98 valence electrons. The zero-order chi connectivity index (χ0) is 13.5. The number of aromatic nitrogens is 2. The molecule has 0 fully saturated rings. The minimum atomic E-state index is -0.546. The third kappa shape index (κ3) is 4.00. The van der Waals surface area contributed by atoms with Crippen LogP contribution in [0, 0.1) is 0 Å². The normalized spacial score (nSPS) is 9.72. The predicted molar refractivity (Wildman–Crippen MR) is 65.2 cm³/mol. The van der Waals surface area contributed by atoms with E-state index in [2.05, 4.69) is 20.0 Å². The van der Waals surface area contributed by atoms with Crippen LogP contribution in [0.5, 0.6) is 0 Å². The number of carbonyl (C=O) groups excluding carboxylic acids is 2. The molecule has 18 heavy (non-hydrogen) atoms. The van der Waals surface area contributed by atoms with Crippen LogP contribution in [0.2, 0.25) is 0 Å². The van der Waals surface area contributed by atoms with Crippen LogP contribution < -0.4 is 5.32 Å². The molecule has 1 amide bonds. The summed E-state index contributed by atoms with van der Waals surface area (Å²) in [6, 6.07) is 0. The minimum Gasteiger partial charge on any atom is -0.464 e. The maximum atomic E-state index is 11.3. The van der Waals surface area contributed by atoms with Crippen LogP contribution in [-0.2, 0) is 9.53 Å². The van der Waals surface area contributed by atoms with E-state index < -0.39 is 5.97 Å². The van der Waals surface area contributed by atoms with E-state index in [-0.39, 0.29) is 11.6 Å². The fourth-order valence-corrected chi connectivity index (χ4v) is 1.18. The second kappa shape index (κ2) is 6.53. The van der Waals surface area contributed by atoms with Gasteiger partial charge < -0.3 is 15.0 Å². The molecule has 1 heterocycles. The van der Waals surface area contributed by atoms with Crippen molar-refractivity contribution in [1.82, 2.24) is 14.9 Å². The number of nitrogens with zero attached hydrogens (tertiary/aromatic N) is 3. The molecule has 0 bridgehead atoms. The quantitative estimate of drug-likeness (QED) is 0.751. The van der Waals surface area contributed by atoms with Crippen LogP contribution in [0.1, 0.15) is 16.9 Å². The average molecular weight is 252 g/mol. The number of amides is 1. The maximum Gasteiger partial charge on any atom is 0.358 e. The standard InChI is InChI=1S/C11H16N4O3/c1-15(2)10(16)4-5-13-9-7-12-6-8(14-9)11(17)18-3/h6-7H,4-5H2,1-3H3,(H,13,14). The summed E-state index contributed by atoms with van der Waals surface area (Å²) in [5.74, 6) is -0.0976. The number of carbonyl (C=O) groups is 2. The summed E-state index contributed by atoms with van der Waals surface area (Å²) in [5.41, 5.74) is 0.126. The highest BCUT2D eigenvalue weighted by Gasteiger charge is 2.08. The SMILES string of the molecule is COC(=O)c1cncc(NCCC(=O)N(C)C)n1. The Hall–Kier alpha value is -2.18. The second-order valence-corrected chi connectivity index (χ2v) is 3.75. The summed E-state index contributed by atoms with van der Waals surface area (Å²) in [4.78, 5) is 31.9. The zero-order valence-electron chi connectivity index (χ0n) is 10.6. The molecule has 1 rings (SSSR count). The smallest absolute Gasteiger partial charge is 0.358 e. The summed E-state index contributed by atoms with van der Waals surface area (Å²) >= 11 is 0. The van der Waals surface area contributed by atoms with Gasteiger partial charge in [0.25, 0.3) is 0 Å². The molecule has 1 aromatic heterocycles. The highest BCUT2D eigenvalue weighted by atomic mass is 16.5. The lowest BCUT2D eigenvalue weighted by Crippen LogP contribution is -2.24. The molecule has 0 aliphatic rings. The lowest BCUT2D eigenvalue weighted by Gasteiger charge is -2.10. The first-order valence-corrected chi connectivity index (χ1v) is 5.39. The highest BCUT2D eigenvalue weighted by Crippen LogP contribution is 2.03. The topological polar surface area (TPSA) is 84.4 Å². The summed E-state index contributed by atoms with van der Waals surface area (Å²) in [6.45, 7) is 0.427. The van der Waals surface area contributed by atoms with Crippen molar-refractivity contribution in [2.24, 2.45) is 0 Å². The fourth-order valence-electron chi connectivity index (χ4n) is 1.18. The van der Waals surface area contributed by atoms with Crippen molar-refractivity contribution in [1.29, 1.82) is 0 Å². The molecular formula is C11H16N4O3. The first kappa shape index (κ1) is 13.9. The predicted octanol–water partition coefficient (Wildman–Crippen LogP) is 0.153. The van der Waals surface area contributed by atoms with Gasteiger partial charge in [0.2, 0.25) is 5.91 Å². The van der Waals surface area contributed by atoms with Gasteiger partial charge in [-0.05, 0) is 0 Å². The molecule has 0 aliphatic heterocycles. The van der Waals surface area contributed by atoms with Gasteiger partial charge >= 0.3 is 5.97 Å². The molecule has 0 saturated heterocycles. The molecule has 7 nitrogen and oxygen atoms in total. The van der Waals surface area contributed by atoms with Crippen LogP contribution in [0.15, 0.2) is 12.4 Å². The van der Waals surface area contributed by atoms with Gasteiger partial charge in [0.1, 0.15) is 5.82 Å². The second-order valence-electron chi connectivity index (χ2n) is 3.75. The number of hydrogen-bond donors (Lipinski definition) is 1. The van der Waals surface area contributed by atoms with Crippen LogP contribution in [0.25, 0.3) is 0 Å². The first-order chi connectivity index (χ1) is 8.54. The Kier molecular flexibility index (Phi) is 5.04. The van der Waals surface area contributed by atoms with Crippen molar-refractivity contribution in [3.8, 4) is 0 Å². The van der Waals surface area contributed by atoms with E-state index in [1.54, 1.807) is 14.1 Å². The van der Waals surface area contributed by atoms with Crippen molar-refractivity contribution in [3.05, 3.63) is 18.1 Å². The number of anilines is 1. The maximum absolute atomic E-state index is 11.3. The summed E-state index contributed by atoms with van der Waals surface area (Å²) in [5, 5.41) is 2.92. The monoisotopic (exact) mass is 252 g/mol. The van der Waals surface area contributed by atoms with Crippen LogP contribution in [0.3, 0.4) is 0 Å². The molecule has 0 unspecified atom stereocenters. The lowest BCUT2D eigenvalue weighted by molar-refractivity contribution is -0.128. The lowest BCUT2D eigenvalue weighted by atomic mass is 10.4. The van der Waals surface area contributed by atoms with E-state index in [9.17, 15) is 9.59 Å². The molecule has 7 heteroatoms. The Morgan fingerprint density at radius 1 is 1.39 bits per heavy atom. The molecule has 0 saturated carbocycles. The van der Waals surface area contributed by atoms with Crippen LogP contribution >= 0.6 is 0 Å². The molecule has 1 aromatic rings. The van der Waals surface area contributed by atoms with Gasteiger partial charge in [0.15, 0.2) is 5.69 Å². The van der Waals surface area contributed by atoms with Gasteiger partial charge in [-0.1, -0.05) is 0 Å². The number of nitrogens with one attached hydrogen (secondary N) is 1. The summed E-state index contributed by atoms with van der Waals surface area (Å²) < 4.78 is 4.54. The van der Waals surface area contributed by atoms with Crippen molar-refractivity contribution in [2.75, 3.05) is 33.1 Å². The minimum absolute atomic E-state index is 0.0135. The average Bonchev–Trinajstić information content (AvgIpc) is 2.37. The van der Waals surface area contributed by atoms with E-state index in [1.165, 1.54) is 24.4 Å². The van der Waals surface area contributed by atoms with Crippen LogP contribution in [-0.4, -0.2) is 54.5 Å². The van der Waals surface area contributed by atoms with E-state index in [1.807, 2.05) is 0 Å². The molecular weight excluding hydrogens is 236 g/mol. The van der Waals surface area contributed by atoms with Gasteiger partial charge in [0, 0.05) is 27.1 Å². The highest BCUT2D eigenvalue weighted by molar-refractivity contribution is 5.87. The Morgan fingerprint density at radius 2 is 2.11 bits per heavy atom. The van der Waals surface area contributed by atoms with Gasteiger partial charge in [-0.15, -0.1) is 0 Å². The number of rotatable bonds is 5. The van der Waals surface area contributed by atoms with Crippen molar-refractivity contribution in [3.63, 3.8) is 0 Å². The van der Waals surface area contributed by atoms with Crippen molar-refractivity contribution >= 4 is 17.7 Å². The largest absolute Gasteiger partial charge is 0.464 e. The van der Waals surface area contributed by atoms with E-state index in [4.69, 9.17) is 0 Å². The van der Waals surface area contributed by atoms with E-state index in [0.29, 0.717) is 18.8 Å². The van der Waals surface area contributed by atoms with Gasteiger partial charge in [-0.3, -0.25) is 9.78 Å². The third-order valence-electron chi connectivity index (χ3n) is 2.17. The zero-order valence-corrected chi connectivity index (χ0v) is 10.6. The molecule has 1 N–H and O–H groups in total. The number of esters is 1. The molecule has 0 radical (unpaired) electrons. The molecule has 0 spiro atoms. The number of hydrogen-bond acceptors (Lipinski definition) is 6. The van der Waals surface area contributed by atoms with E-state index in [0.717, 1.165) is 0 Å². The Labute approximate surface area is 105 Å². The number of ether oxygens (including phenoxy) is 1. The summed E-state index contributed by atoms with van der Waals surface area (Å²) in [7, 11) is 4.67. The molecule has 0 atom stereocenters. The van der Waals surface area contributed by atoms with Gasteiger partial charge in [-0.2, -0.15) is 0 Å². The molecule has 0 aliphatic carbocycles. The van der Waals surface area contributed by atoms with Gasteiger partial charge in [0.05, 0.1) is 19.5 Å². The van der Waals surface area contributed by atoms with Gasteiger partial charge in [-0.25, -0.2) is 9.78 Å². The number of methoxy groups -OCH3 is 1. The van der Waals surface area contributed by atoms with Crippen molar-refractivity contribution in [2.45, 2.75) is 6.42 Å². The first-order valence-electron chi connectivity index (χ1n) is 5.39. The summed E-state index contributed by atoms with van der Waals surface area (Å²) in [6.07, 6.45) is 3.14. The Morgan fingerprint density at radius 3 is 2.72 bits per heavy atom.